The van der Waals surface area contributed by atoms with Crippen molar-refractivity contribution < 1.29 is 23.4 Å². The zero-order valence-corrected chi connectivity index (χ0v) is 12.6. The minimum Gasteiger partial charge on any atom is -0.488 e. The van der Waals surface area contributed by atoms with Crippen LogP contribution in [0.2, 0.25) is 0 Å². The Hall–Kier alpha value is -1.95. The summed E-state index contributed by atoms with van der Waals surface area (Å²) < 4.78 is 32.1. The molecule has 0 fully saturated rings. The number of aromatic carboxylic acids is 1. The Morgan fingerprint density at radius 3 is 2.57 bits per heavy atom. The van der Waals surface area contributed by atoms with Gasteiger partial charge in [0.05, 0.1) is 0 Å². The third-order valence-electron chi connectivity index (χ3n) is 2.84. The molecule has 0 atom stereocenters. The Morgan fingerprint density at radius 1 is 1.24 bits per heavy atom. The van der Waals surface area contributed by atoms with E-state index in [-0.39, 0.29) is 17.9 Å². The van der Waals surface area contributed by atoms with E-state index in [1.807, 2.05) is 0 Å². The van der Waals surface area contributed by atoms with Crippen LogP contribution in [0.4, 0.5) is 8.78 Å². The van der Waals surface area contributed by atoms with Crippen LogP contribution in [-0.2, 0) is 6.61 Å². The number of ether oxygens (including phenoxy) is 1. The lowest BCUT2D eigenvalue weighted by Gasteiger charge is -2.13. The van der Waals surface area contributed by atoms with Gasteiger partial charge in [0.1, 0.15) is 17.9 Å². The van der Waals surface area contributed by atoms with Crippen LogP contribution in [0.1, 0.15) is 21.5 Å². The van der Waals surface area contributed by atoms with Crippen molar-refractivity contribution in [1.82, 2.24) is 0 Å². The summed E-state index contributed by atoms with van der Waals surface area (Å²) in [5, 5.41) is 9.18. The van der Waals surface area contributed by atoms with Crippen molar-refractivity contribution >= 4 is 21.9 Å². The summed E-state index contributed by atoms with van der Waals surface area (Å²) in [6, 6.07) is 6.54. The fraction of sp³-hybridized carbons (Fsp3) is 0.133. The number of benzene rings is 2. The lowest BCUT2D eigenvalue weighted by Crippen LogP contribution is -2.05. The van der Waals surface area contributed by atoms with Gasteiger partial charge < -0.3 is 9.84 Å². The van der Waals surface area contributed by atoms with E-state index in [1.54, 1.807) is 13.0 Å². The third kappa shape index (κ3) is 3.58. The highest BCUT2D eigenvalue weighted by Crippen LogP contribution is 2.29. The molecule has 3 nitrogen and oxygen atoms in total. The summed E-state index contributed by atoms with van der Waals surface area (Å²) in [6.07, 6.45) is 0. The van der Waals surface area contributed by atoms with Crippen LogP contribution in [0.15, 0.2) is 34.8 Å². The quantitative estimate of drug-likeness (QED) is 0.887. The first-order chi connectivity index (χ1) is 9.88. The molecule has 0 saturated carbocycles. The topological polar surface area (TPSA) is 46.5 Å². The molecule has 6 heteroatoms. The highest BCUT2D eigenvalue weighted by atomic mass is 79.9. The number of carboxylic acids is 1. The number of hydrogen-bond acceptors (Lipinski definition) is 2. The lowest BCUT2D eigenvalue weighted by molar-refractivity contribution is 0.0691. The molecule has 0 heterocycles. The molecule has 0 aromatic heterocycles. The largest absolute Gasteiger partial charge is 0.488 e. The van der Waals surface area contributed by atoms with E-state index < -0.39 is 17.6 Å². The molecular formula is C15H11BrF2O3. The molecular weight excluding hydrogens is 346 g/mol. The van der Waals surface area contributed by atoms with Crippen molar-refractivity contribution in [3.05, 3.63) is 63.1 Å². The zero-order valence-electron chi connectivity index (χ0n) is 11.0. The van der Waals surface area contributed by atoms with Crippen LogP contribution < -0.4 is 4.74 Å². The highest BCUT2D eigenvalue weighted by molar-refractivity contribution is 9.10. The second-order valence-electron chi connectivity index (χ2n) is 4.44. The van der Waals surface area contributed by atoms with Crippen molar-refractivity contribution in [2.45, 2.75) is 13.5 Å². The van der Waals surface area contributed by atoms with Gasteiger partial charge in [0.15, 0.2) is 11.6 Å². The van der Waals surface area contributed by atoms with Crippen LogP contribution >= 0.6 is 15.9 Å². The molecule has 0 aliphatic heterocycles. The van der Waals surface area contributed by atoms with E-state index in [9.17, 15) is 18.7 Å². The van der Waals surface area contributed by atoms with Gasteiger partial charge in [-0.15, -0.1) is 0 Å². The Bertz CT molecular complexity index is 702. The SMILES string of the molecule is Cc1cc(Br)cc(C(=O)O)c1OCc1ccc(F)c(F)c1. The summed E-state index contributed by atoms with van der Waals surface area (Å²) in [5.74, 6) is -2.83. The van der Waals surface area contributed by atoms with Crippen LogP contribution in [0.25, 0.3) is 0 Å². The number of halogens is 3. The standard InChI is InChI=1S/C15H11BrF2O3/c1-8-4-10(16)6-11(15(19)20)14(8)21-7-9-2-3-12(17)13(18)5-9/h2-6H,7H2,1H3,(H,19,20). The maximum atomic E-state index is 13.1. The smallest absolute Gasteiger partial charge is 0.339 e. The van der Waals surface area contributed by atoms with Gasteiger partial charge in [-0.3, -0.25) is 0 Å². The molecule has 0 unspecified atom stereocenters. The summed E-state index contributed by atoms with van der Waals surface area (Å²) in [7, 11) is 0. The lowest BCUT2D eigenvalue weighted by atomic mass is 10.1. The molecule has 0 radical (unpaired) electrons. The van der Waals surface area contributed by atoms with Gasteiger partial charge in [-0.1, -0.05) is 22.0 Å². The second-order valence-corrected chi connectivity index (χ2v) is 5.36. The first-order valence-electron chi connectivity index (χ1n) is 5.98. The fourth-order valence-electron chi connectivity index (χ4n) is 1.87. The van der Waals surface area contributed by atoms with Gasteiger partial charge in [0.2, 0.25) is 0 Å². The van der Waals surface area contributed by atoms with Gasteiger partial charge in [0, 0.05) is 4.47 Å². The molecule has 2 rings (SSSR count). The molecule has 0 aliphatic carbocycles. The van der Waals surface area contributed by atoms with E-state index in [0.717, 1.165) is 12.1 Å². The summed E-state index contributed by atoms with van der Waals surface area (Å²) in [5.41, 5.74) is 1.04. The summed E-state index contributed by atoms with van der Waals surface area (Å²) >= 11 is 3.22. The van der Waals surface area contributed by atoms with Crippen molar-refractivity contribution in [3.8, 4) is 5.75 Å². The van der Waals surface area contributed by atoms with E-state index in [4.69, 9.17) is 4.74 Å². The number of aryl methyl sites for hydroxylation is 1. The number of hydrogen-bond donors (Lipinski definition) is 1. The maximum Gasteiger partial charge on any atom is 0.339 e. The minimum absolute atomic E-state index is 0.00413. The maximum absolute atomic E-state index is 13.1. The molecule has 0 saturated heterocycles. The molecule has 2 aromatic rings. The average Bonchev–Trinajstić information content (AvgIpc) is 2.40. The van der Waals surface area contributed by atoms with Crippen LogP contribution in [0.3, 0.4) is 0 Å². The molecule has 21 heavy (non-hydrogen) atoms. The van der Waals surface area contributed by atoms with E-state index in [2.05, 4.69) is 15.9 Å². The summed E-state index contributed by atoms with van der Waals surface area (Å²) in [6.45, 7) is 1.65. The third-order valence-corrected chi connectivity index (χ3v) is 3.29. The van der Waals surface area contributed by atoms with Gasteiger partial charge in [-0.05, 0) is 42.3 Å². The van der Waals surface area contributed by atoms with E-state index >= 15 is 0 Å². The zero-order chi connectivity index (χ0) is 15.6. The van der Waals surface area contributed by atoms with Crippen molar-refractivity contribution in [3.63, 3.8) is 0 Å². The Balaban J connectivity index is 2.27. The van der Waals surface area contributed by atoms with E-state index in [0.29, 0.717) is 15.6 Å². The number of carboxylic acid groups (broad SMARTS) is 1. The Morgan fingerprint density at radius 2 is 1.95 bits per heavy atom. The van der Waals surface area contributed by atoms with Crippen LogP contribution in [0, 0.1) is 18.6 Å². The van der Waals surface area contributed by atoms with Crippen molar-refractivity contribution in [2.75, 3.05) is 0 Å². The number of carbonyl (C=O) groups is 1. The number of rotatable bonds is 4. The van der Waals surface area contributed by atoms with Crippen molar-refractivity contribution in [2.24, 2.45) is 0 Å². The molecule has 0 aliphatic rings. The molecule has 0 spiro atoms. The van der Waals surface area contributed by atoms with Crippen molar-refractivity contribution in [1.29, 1.82) is 0 Å². The highest BCUT2D eigenvalue weighted by Gasteiger charge is 2.15. The fourth-order valence-corrected chi connectivity index (χ4v) is 2.44. The Labute approximate surface area is 128 Å². The minimum atomic E-state index is -1.13. The average molecular weight is 357 g/mol. The molecule has 110 valence electrons. The first-order valence-corrected chi connectivity index (χ1v) is 6.78. The molecule has 1 N–H and O–H groups in total. The molecule has 2 aromatic carbocycles. The predicted octanol–water partition coefficient (Wildman–Crippen LogP) is 4.31. The van der Waals surface area contributed by atoms with Crippen LogP contribution in [-0.4, -0.2) is 11.1 Å². The first kappa shape index (κ1) is 15.4. The van der Waals surface area contributed by atoms with Gasteiger partial charge >= 0.3 is 5.97 Å². The van der Waals surface area contributed by atoms with Crippen LogP contribution in [0.5, 0.6) is 5.75 Å². The van der Waals surface area contributed by atoms with Gasteiger partial charge in [-0.2, -0.15) is 0 Å². The molecule has 0 bridgehead atoms. The Kier molecular flexibility index (Phi) is 4.57. The van der Waals surface area contributed by atoms with Gasteiger partial charge in [0.25, 0.3) is 0 Å². The monoisotopic (exact) mass is 356 g/mol. The normalized spacial score (nSPS) is 10.5. The van der Waals surface area contributed by atoms with E-state index in [1.165, 1.54) is 12.1 Å². The summed E-state index contributed by atoms with van der Waals surface area (Å²) in [4.78, 5) is 11.2. The second kappa shape index (κ2) is 6.22. The molecule has 0 amide bonds. The predicted molar refractivity (Wildman–Crippen MR) is 76.5 cm³/mol. The van der Waals surface area contributed by atoms with Gasteiger partial charge in [-0.25, -0.2) is 13.6 Å².